The minimum Gasteiger partial charge on any atom is -0.477 e. The highest BCUT2D eigenvalue weighted by atomic mass is 32.2. The maximum Gasteiger partial charge on any atom is 0.346 e. The van der Waals surface area contributed by atoms with Crippen LogP contribution in [0.5, 0.6) is 0 Å². The Morgan fingerprint density at radius 3 is 2.72 bits per heavy atom. The predicted octanol–water partition coefficient (Wildman–Crippen LogP) is 1.54. The van der Waals surface area contributed by atoms with Crippen LogP contribution in [0.3, 0.4) is 0 Å². The SMILES string of the molecule is O=C(O)c1sccc1CS(=O)(=O)C1CCOCC1. The lowest BCUT2D eigenvalue weighted by atomic mass is 10.2. The van der Waals surface area contributed by atoms with Gasteiger partial charge in [0.2, 0.25) is 0 Å². The zero-order valence-corrected chi connectivity index (χ0v) is 11.3. The lowest BCUT2D eigenvalue weighted by Gasteiger charge is -2.22. The van der Waals surface area contributed by atoms with Gasteiger partial charge >= 0.3 is 5.97 Å². The van der Waals surface area contributed by atoms with Gasteiger partial charge in [-0.05, 0) is 29.9 Å². The highest BCUT2D eigenvalue weighted by Crippen LogP contribution is 2.24. The maximum absolute atomic E-state index is 12.2. The number of rotatable bonds is 4. The van der Waals surface area contributed by atoms with E-state index < -0.39 is 21.1 Å². The van der Waals surface area contributed by atoms with Gasteiger partial charge in [-0.2, -0.15) is 0 Å². The van der Waals surface area contributed by atoms with Crippen molar-refractivity contribution in [3.05, 3.63) is 21.9 Å². The van der Waals surface area contributed by atoms with E-state index >= 15 is 0 Å². The van der Waals surface area contributed by atoms with Gasteiger partial charge in [-0.1, -0.05) is 0 Å². The van der Waals surface area contributed by atoms with Gasteiger partial charge in [-0.3, -0.25) is 0 Å². The first-order chi connectivity index (χ1) is 8.50. The first kappa shape index (κ1) is 13.5. The Balaban J connectivity index is 2.16. The molecular weight excluding hydrogens is 276 g/mol. The summed E-state index contributed by atoms with van der Waals surface area (Å²) in [6, 6.07) is 1.57. The molecule has 5 nitrogen and oxygen atoms in total. The van der Waals surface area contributed by atoms with Gasteiger partial charge in [-0.15, -0.1) is 11.3 Å². The molecule has 0 saturated carbocycles. The van der Waals surface area contributed by atoms with Crippen LogP contribution in [0.2, 0.25) is 0 Å². The van der Waals surface area contributed by atoms with Gasteiger partial charge in [0, 0.05) is 13.2 Å². The Bertz CT molecular complexity index is 525. The minimum absolute atomic E-state index is 0.116. The number of carboxylic acids is 1. The lowest BCUT2D eigenvalue weighted by Crippen LogP contribution is -2.30. The molecule has 1 fully saturated rings. The summed E-state index contributed by atoms with van der Waals surface area (Å²) in [4.78, 5) is 11.1. The van der Waals surface area contributed by atoms with Gasteiger partial charge in [-0.25, -0.2) is 13.2 Å². The molecule has 0 amide bonds. The van der Waals surface area contributed by atoms with Crippen molar-refractivity contribution in [3.63, 3.8) is 0 Å². The van der Waals surface area contributed by atoms with E-state index in [1.807, 2.05) is 0 Å². The Hall–Kier alpha value is -0.920. The smallest absolute Gasteiger partial charge is 0.346 e. The summed E-state index contributed by atoms with van der Waals surface area (Å²) in [5.41, 5.74) is 0.388. The van der Waals surface area contributed by atoms with Gasteiger partial charge < -0.3 is 9.84 Å². The topological polar surface area (TPSA) is 80.7 Å². The normalized spacial score (nSPS) is 17.8. The van der Waals surface area contributed by atoms with Crippen molar-refractivity contribution in [2.75, 3.05) is 13.2 Å². The van der Waals surface area contributed by atoms with E-state index in [-0.39, 0.29) is 10.6 Å². The molecule has 1 aromatic rings. The molecule has 1 N–H and O–H groups in total. The molecule has 1 aliphatic rings. The molecule has 18 heavy (non-hydrogen) atoms. The second-order valence-corrected chi connectivity index (χ2v) is 7.40. The average Bonchev–Trinajstić information content (AvgIpc) is 2.78. The number of hydrogen-bond acceptors (Lipinski definition) is 5. The van der Waals surface area contributed by atoms with Crippen molar-refractivity contribution in [2.45, 2.75) is 23.8 Å². The average molecular weight is 290 g/mol. The highest BCUT2D eigenvalue weighted by molar-refractivity contribution is 7.91. The van der Waals surface area contributed by atoms with Gasteiger partial charge in [0.25, 0.3) is 0 Å². The lowest BCUT2D eigenvalue weighted by molar-refractivity contribution is 0.0701. The summed E-state index contributed by atoms with van der Waals surface area (Å²) in [5.74, 6) is -1.26. The monoisotopic (exact) mass is 290 g/mol. The molecule has 0 spiro atoms. The molecule has 0 bridgehead atoms. The van der Waals surface area contributed by atoms with Crippen molar-refractivity contribution in [2.24, 2.45) is 0 Å². The van der Waals surface area contributed by atoms with Crippen molar-refractivity contribution in [1.82, 2.24) is 0 Å². The molecule has 100 valence electrons. The van der Waals surface area contributed by atoms with E-state index in [0.717, 1.165) is 11.3 Å². The third-order valence-electron chi connectivity index (χ3n) is 2.97. The van der Waals surface area contributed by atoms with E-state index in [4.69, 9.17) is 9.84 Å². The number of carbonyl (C=O) groups is 1. The summed E-state index contributed by atoms with van der Waals surface area (Å²) in [7, 11) is -3.30. The largest absolute Gasteiger partial charge is 0.477 e. The Kier molecular flexibility index (Phi) is 4.04. The standard InChI is InChI=1S/C11H14O5S2/c12-11(13)10-8(3-6-17-10)7-18(14,15)9-1-4-16-5-2-9/h3,6,9H,1-2,4-5,7H2,(H,12,13). The second-order valence-electron chi connectivity index (χ2n) is 4.20. The molecule has 7 heteroatoms. The quantitative estimate of drug-likeness (QED) is 0.909. The van der Waals surface area contributed by atoms with Gasteiger partial charge in [0.15, 0.2) is 9.84 Å². The number of thiophene rings is 1. The molecule has 0 radical (unpaired) electrons. The molecule has 2 heterocycles. The Labute approximate surface area is 109 Å². The second kappa shape index (κ2) is 5.38. The van der Waals surface area contributed by atoms with Crippen LogP contribution in [0.1, 0.15) is 28.1 Å². The Morgan fingerprint density at radius 1 is 1.44 bits per heavy atom. The maximum atomic E-state index is 12.2. The van der Waals surface area contributed by atoms with Crippen LogP contribution >= 0.6 is 11.3 Å². The fourth-order valence-corrected chi connectivity index (χ4v) is 4.68. The van der Waals surface area contributed by atoms with Crippen LogP contribution in [0.25, 0.3) is 0 Å². The number of sulfone groups is 1. The summed E-state index contributed by atoms with van der Waals surface area (Å²) in [5, 5.41) is 10.2. The van der Waals surface area contributed by atoms with Gasteiger partial charge in [0.1, 0.15) is 4.88 Å². The fourth-order valence-electron chi connectivity index (χ4n) is 2.01. The van der Waals surface area contributed by atoms with Crippen LogP contribution in [0, 0.1) is 0 Å². The number of aromatic carboxylic acids is 1. The third kappa shape index (κ3) is 2.90. The molecule has 0 atom stereocenters. The van der Waals surface area contributed by atoms with Crippen molar-refractivity contribution >= 4 is 27.1 Å². The summed E-state index contributed by atoms with van der Waals surface area (Å²) >= 11 is 1.06. The molecular formula is C11H14O5S2. The molecule has 0 unspecified atom stereocenters. The zero-order chi connectivity index (χ0) is 13.2. The predicted molar refractivity (Wildman–Crippen MR) is 67.7 cm³/mol. The molecule has 1 aromatic heterocycles. The molecule has 2 rings (SSSR count). The molecule has 1 saturated heterocycles. The summed E-state index contributed by atoms with van der Waals surface area (Å²) in [6.07, 6.45) is 0.990. The van der Waals surface area contributed by atoms with E-state index in [9.17, 15) is 13.2 Å². The van der Waals surface area contributed by atoms with Crippen LogP contribution in [-0.2, 0) is 20.3 Å². The number of hydrogen-bond donors (Lipinski definition) is 1. The van der Waals surface area contributed by atoms with E-state index in [1.165, 1.54) is 0 Å². The number of ether oxygens (including phenoxy) is 1. The Morgan fingerprint density at radius 2 is 2.11 bits per heavy atom. The fraction of sp³-hybridized carbons (Fsp3) is 0.545. The highest BCUT2D eigenvalue weighted by Gasteiger charge is 2.29. The molecule has 0 aromatic carbocycles. The third-order valence-corrected chi connectivity index (χ3v) is 6.12. The summed E-state index contributed by atoms with van der Waals surface area (Å²) < 4.78 is 29.5. The van der Waals surface area contributed by atoms with E-state index in [1.54, 1.807) is 11.4 Å². The minimum atomic E-state index is -3.30. The molecule has 0 aliphatic carbocycles. The van der Waals surface area contributed by atoms with Crippen LogP contribution in [0.4, 0.5) is 0 Å². The van der Waals surface area contributed by atoms with Crippen molar-refractivity contribution < 1.29 is 23.1 Å². The zero-order valence-electron chi connectivity index (χ0n) is 9.66. The van der Waals surface area contributed by atoms with Crippen molar-refractivity contribution in [3.8, 4) is 0 Å². The first-order valence-corrected chi connectivity index (χ1v) is 8.19. The summed E-state index contributed by atoms with van der Waals surface area (Å²) in [6.45, 7) is 0.915. The van der Waals surface area contributed by atoms with Crippen LogP contribution in [-0.4, -0.2) is 38.0 Å². The van der Waals surface area contributed by atoms with Gasteiger partial charge in [0.05, 0.1) is 11.0 Å². The van der Waals surface area contributed by atoms with Crippen LogP contribution < -0.4 is 0 Å². The van der Waals surface area contributed by atoms with Crippen LogP contribution in [0.15, 0.2) is 11.4 Å². The number of carboxylic acid groups (broad SMARTS) is 1. The van der Waals surface area contributed by atoms with E-state index in [2.05, 4.69) is 0 Å². The first-order valence-electron chi connectivity index (χ1n) is 5.59. The molecule has 1 aliphatic heterocycles. The van der Waals surface area contributed by atoms with E-state index in [0.29, 0.717) is 31.6 Å². The van der Waals surface area contributed by atoms with Crippen molar-refractivity contribution in [1.29, 1.82) is 0 Å².